The third-order valence-corrected chi connectivity index (χ3v) is 4.55. The Kier molecular flexibility index (Phi) is 3.53. The Morgan fingerprint density at radius 3 is 3.00 bits per heavy atom. The molecule has 4 nitrogen and oxygen atoms in total. The molecule has 86 valence electrons. The van der Waals surface area contributed by atoms with E-state index in [0.717, 1.165) is 25.3 Å². The van der Waals surface area contributed by atoms with Crippen molar-refractivity contribution in [3.8, 4) is 0 Å². The molecule has 0 bridgehead atoms. The average Bonchev–Trinajstić information content (AvgIpc) is 2.65. The van der Waals surface area contributed by atoms with Gasteiger partial charge in [-0.05, 0) is 6.42 Å². The minimum absolute atomic E-state index is 0.324. The van der Waals surface area contributed by atoms with Crippen LogP contribution in [0.4, 0.5) is 0 Å². The van der Waals surface area contributed by atoms with E-state index in [0.29, 0.717) is 17.8 Å². The molecule has 3 atom stereocenters. The van der Waals surface area contributed by atoms with Crippen molar-refractivity contribution >= 4 is 17.7 Å². The summed E-state index contributed by atoms with van der Waals surface area (Å²) in [5.74, 6) is 0.400. The number of carbonyl (C=O) groups is 1. The number of carboxylic acids is 1. The topological polar surface area (TPSA) is 52.6 Å². The van der Waals surface area contributed by atoms with E-state index < -0.39 is 5.97 Å². The highest BCUT2D eigenvalue weighted by Crippen LogP contribution is 2.30. The van der Waals surface area contributed by atoms with Gasteiger partial charge < -0.3 is 10.4 Å². The van der Waals surface area contributed by atoms with E-state index in [1.54, 1.807) is 0 Å². The molecule has 15 heavy (non-hydrogen) atoms. The van der Waals surface area contributed by atoms with Gasteiger partial charge in [0.25, 0.3) is 0 Å². The largest absolute Gasteiger partial charge is 0.480 e. The molecule has 2 rings (SSSR count). The van der Waals surface area contributed by atoms with Crippen LogP contribution in [0.15, 0.2) is 0 Å². The Hall–Kier alpha value is -0.260. The van der Waals surface area contributed by atoms with Crippen LogP contribution in [0.3, 0.4) is 0 Å². The molecule has 0 spiro atoms. The Labute approximate surface area is 94.4 Å². The van der Waals surface area contributed by atoms with Crippen LogP contribution in [-0.4, -0.2) is 58.7 Å². The van der Waals surface area contributed by atoms with Crippen molar-refractivity contribution < 1.29 is 9.90 Å². The van der Waals surface area contributed by atoms with Gasteiger partial charge in [0, 0.05) is 36.7 Å². The maximum atomic E-state index is 11.1. The van der Waals surface area contributed by atoms with Gasteiger partial charge in [0.05, 0.1) is 0 Å². The van der Waals surface area contributed by atoms with Crippen LogP contribution in [-0.2, 0) is 4.79 Å². The molecule has 2 heterocycles. The number of rotatable bonds is 2. The van der Waals surface area contributed by atoms with Crippen molar-refractivity contribution in [3.63, 3.8) is 0 Å². The van der Waals surface area contributed by atoms with Gasteiger partial charge in [-0.2, -0.15) is 11.8 Å². The zero-order valence-corrected chi connectivity index (χ0v) is 9.80. The van der Waals surface area contributed by atoms with E-state index in [1.165, 1.54) is 0 Å². The van der Waals surface area contributed by atoms with Gasteiger partial charge in [-0.3, -0.25) is 9.69 Å². The molecule has 0 aromatic heterocycles. The number of hydrogen-bond acceptors (Lipinski definition) is 4. The molecular weight excluding hydrogens is 212 g/mol. The second kappa shape index (κ2) is 4.72. The number of piperazine rings is 1. The number of carboxylic acid groups (broad SMARTS) is 1. The van der Waals surface area contributed by atoms with Crippen LogP contribution in [0.1, 0.15) is 13.3 Å². The third kappa shape index (κ3) is 2.46. The molecule has 2 saturated heterocycles. The third-order valence-electron chi connectivity index (χ3n) is 3.22. The van der Waals surface area contributed by atoms with Gasteiger partial charge in [-0.15, -0.1) is 0 Å². The molecule has 2 aliphatic heterocycles. The highest BCUT2D eigenvalue weighted by Gasteiger charge is 2.36. The lowest BCUT2D eigenvalue weighted by atomic mass is 10.1. The predicted molar refractivity (Wildman–Crippen MR) is 61.3 cm³/mol. The predicted octanol–water partition coefficient (Wildman–Crippen LogP) is 0.239. The fourth-order valence-corrected chi connectivity index (χ4v) is 3.65. The molecule has 2 aliphatic rings. The lowest BCUT2D eigenvalue weighted by Gasteiger charge is -2.37. The van der Waals surface area contributed by atoms with Crippen LogP contribution < -0.4 is 5.32 Å². The first-order chi connectivity index (χ1) is 7.18. The van der Waals surface area contributed by atoms with Crippen molar-refractivity contribution in [2.24, 2.45) is 0 Å². The quantitative estimate of drug-likeness (QED) is 0.711. The van der Waals surface area contributed by atoms with Crippen LogP contribution in [0.5, 0.6) is 0 Å². The van der Waals surface area contributed by atoms with Crippen LogP contribution in [0.25, 0.3) is 0 Å². The van der Waals surface area contributed by atoms with E-state index in [2.05, 4.69) is 17.1 Å². The van der Waals surface area contributed by atoms with Gasteiger partial charge >= 0.3 is 5.97 Å². The maximum absolute atomic E-state index is 11.1. The van der Waals surface area contributed by atoms with E-state index in [-0.39, 0.29) is 6.04 Å². The Bertz CT molecular complexity index is 250. The van der Waals surface area contributed by atoms with Crippen molar-refractivity contribution in [2.45, 2.75) is 30.7 Å². The standard InChI is InChI=1S/C10H18N2O2S/c1-7-4-8(6-15-7)12-3-2-11-5-9(12)10(13)14/h7-9,11H,2-6H2,1H3,(H,13,14). The number of nitrogens with zero attached hydrogens (tertiary/aromatic N) is 1. The Balaban J connectivity index is 2.01. The molecule has 0 amide bonds. The van der Waals surface area contributed by atoms with Gasteiger partial charge in [-0.1, -0.05) is 6.92 Å². The summed E-state index contributed by atoms with van der Waals surface area (Å²) in [5.41, 5.74) is 0. The highest BCUT2D eigenvalue weighted by molar-refractivity contribution is 8.00. The summed E-state index contributed by atoms with van der Waals surface area (Å²) in [5, 5.41) is 13.0. The molecule has 0 aromatic rings. The monoisotopic (exact) mass is 230 g/mol. The summed E-state index contributed by atoms with van der Waals surface area (Å²) in [4.78, 5) is 13.3. The summed E-state index contributed by atoms with van der Waals surface area (Å²) in [6, 6.07) is 0.142. The molecule has 0 radical (unpaired) electrons. The summed E-state index contributed by atoms with van der Waals surface area (Å²) >= 11 is 1.96. The SMILES string of the molecule is CC1CC(N2CCNCC2C(=O)O)CS1. The number of hydrogen-bond donors (Lipinski definition) is 2. The fourth-order valence-electron chi connectivity index (χ4n) is 2.41. The number of aliphatic carboxylic acids is 1. The van der Waals surface area contributed by atoms with Crippen LogP contribution in [0, 0.1) is 0 Å². The van der Waals surface area contributed by atoms with Crippen molar-refractivity contribution in [2.75, 3.05) is 25.4 Å². The van der Waals surface area contributed by atoms with Crippen molar-refractivity contribution in [1.82, 2.24) is 10.2 Å². The number of thioether (sulfide) groups is 1. The normalized spacial score (nSPS) is 38.1. The molecular formula is C10H18N2O2S. The molecule has 2 fully saturated rings. The number of nitrogens with one attached hydrogen (secondary N) is 1. The first-order valence-electron chi connectivity index (χ1n) is 5.49. The molecule has 5 heteroatoms. The Morgan fingerprint density at radius 1 is 1.60 bits per heavy atom. The van der Waals surface area contributed by atoms with Gasteiger partial charge in [0.15, 0.2) is 0 Å². The van der Waals surface area contributed by atoms with Crippen molar-refractivity contribution in [3.05, 3.63) is 0 Å². The van der Waals surface area contributed by atoms with Crippen LogP contribution in [0.2, 0.25) is 0 Å². The summed E-state index contributed by atoms with van der Waals surface area (Å²) in [7, 11) is 0. The average molecular weight is 230 g/mol. The minimum Gasteiger partial charge on any atom is -0.480 e. The second-order valence-electron chi connectivity index (χ2n) is 4.33. The molecule has 3 unspecified atom stereocenters. The van der Waals surface area contributed by atoms with Gasteiger partial charge in [0.2, 0.25) is 0 Å². The zero-order chi connectivity index (χ0) is 10.8. The van der Waals surface area contributed by atoms with E-state index in [9.17, 15) is 4.79 Å². The molecule has 2 N–H and O–H groups in total. The highest BCUT2D eigenvalue weighted by atomic mass is 32.2. The summed E-state index contributed by atoms with van der Waals surface area (Å²) < 4.78 is 0. The Morgan fingerprint density at radius 2 is 2.40 bits per heavy atom. The smallest absolute Gasteiger partial charge is 0.322 e. The van der Waals surface area contributed by atoms with E-state index in [4.69, 9.17) is 5.11 Å². The first-order valence-corrected chi connectivity index (χ1v) is 6.54. The van der Waals surface area contributed by atoms with E-state index >= 15 is 0 Å². The maximum Gasteiger partial charge on any atom is 0.322 e. The van der Waals surface area contributed by atoms with Gasteiger partial charge in [0.1, 0.15) is 6.04 Å². The molecule has 0 saturated carbocycles. The first kappa shape index (κ1) is 11.2. The van der Waals surface area contributed by atoms with Crippen LogP contribution >= 0.6 is 11.8 Å². The molecule has 0 aromatic carbocycles. The zero-order valence-electron chi connectivity index (χ0n) is 8.98. The van der Waals surface area contributed by atoms with E-state index in [1.807, 2.05) is 11.8 Å². The lowest BCUT2D eigenvalue weighted by Crippen LogP contribution is -2.58. The van der Waals surface area contributed by atoms with Crippen molar-refractivity contribution in [1.29, 1.82) is 0 Å². The molecule has 0 aliphatic carbocycles. The fraction of sp³-hybridized carbons (Fsp3) is 0.900. The second-order valence-corrected chi connectivity index (χ2v) is 5.80. The summed E-state index contributed by atoms with van der Waals surface area (Å²) in [6.45, 7) is 4.60. The minimum atomic E-state index is -0.688. The lowest BCUT2D eigenvalue weighted by molar-refractivity contribution is -0.144. The summed E-state index contributed by atoms with van der Waals surface area (Å²) in [6.07, 6.45) is 1.13. The van der Waals surface area contributed by atoms with Gasteiger partial charge in [-0.25, -0.2) is 0 Å².